The molecule has 0 spiro atoms. The summed E-state index contributed by atoms with van der Waals surface area (Å²) in [5.74, 6) is 1.95. The van der Waals surface area contributed by atoms with E-state index in [-0.39, 0.29) is 11.9 Å². The number of hydrogen-bond acceptors (Lipinski definition) is 4. The van der Waals surface area contributed by atoms with Crippen LogP contribution in [0.2, 0.25) is 0 Å². The third-order valence-corrected chi connectivity index (χ3v) is 6.58. The van der Waals surface area contributed by atoms with Crippen molar-refractivity contribution in [1.29, 1.82) is 0 Å². The van der Waals surface area contributed by atoms with Crippen molar-refractivity contribution in [3.05, 3.63) is 54.3 Å². The zero-order chi connectivity index (χ0) is 23.4. The standard InChI is InChI=1S/C28H33NO4/c1-5-32-26-16-27-22(23(17-33-27)20-11-7-9-13-25(20)31-4)15-21(26)19(3)14-28(30)29-24-12-8-6-10-18(24)2/h7,9,11,13-18,24H,5-6,8,10,12H2,1-4H3,(H,29,30)/b19-14+. The van der Waals surface area contributed by atoms with Gasteiger partial charge in [0.05, 0.1) is 20.0 Å². The monoisotopic (exact) mass is 447 g/mol. The van der Waals surface area contributed by atoms with Gasteiger partial charge in [0.2, 0.25) is 5.91 Å². The summed E-state index contributed by atoms with van der Waals surface area (Å²) in [4.78, 5) is 12.8. The minimum atomic E-state index is -0.0501. The van der Waals surface area contributed by atoms with E-state index >= 15 is 0 Å². The topological polar surface area (TPSA) is 60.7 Å². The number of rotatable bonds is 7. The number of hydrogen-bond donors (Lipinski definition) is 1. The van der Waals surface area contributed by atoms with E-state index in [9.17, 15) is 4.79 Å². The van der Waals surface area contributed by atoms with Crippen LogP contribution in [-0.2, 0) is 4.79 Å². The molecule has 1 saturated carbocycles. The zero-order valence-electron chi connectivity index (χ0n) is 19.9. The molecule has 174 valence electrons. The third-order valence-electron chi connectivity index (χ3n) is 6.58. The van der Waals surface area contributed by atoms with E-state index in [1.165, 1.54) is 19.3 Å². The van der Waals surface area contributed by atoms with Crippen LogP contribution in [0.3, 0.4) is 0 Å². The first kappa shape index (κ1) is 23.0. The van der Waals surface area contributed by atoms with Gasteiger partial charge in [-0.05, 0) is 50.3 Å². The average molecular weight is 448 g/mol. The summed E-state index contributed by atoms with van der Waals surface area (Å²) in [6.45, 7) is 6.65. The van der Waals surface area contributed by atoms with Crippen molar-refractivity contribution in [2.24, 2.45) is 5.92 Å². The molecular formula is C28H33NO4. The van der Waals surface area contributed by atoms with Crippen molar-refractivity contribution in [1.82, 2.24) is 5.32 Å². The number of fused-ring (bicyclic) bond motifs is 1. The van der Waals surface area contributed by atoms with E-state index in [1.54, 1.807) is 19.4 Å². The molecule has 1 amide bonds. The highest BCUT2D eigenvalue weighted by Gasteiger charge is 2.22. The molecule has 1 N–H and O–H groups in total. The Labute approximate surface area is 195 Å². The highest BCUT2D eigenvalue weighted by atomic mass is 16.5. The molecule has 2 atom stereocenters. The maximum Gasteiger partial charge on any atom is 0.244 e. The van der Waals surface area contributed by atoms with Gasteiger partial charge in [-0.25, -0.2) is 0 Å². The lowest BCUT2D eigenvalue weighted by Gasteiger charge is -2.29. The van der Waals surface area contributed by atoms with Crippen molar-refractivity contribution in [3.63, 3.8) is 0 Å². The lowest BCUT2D eigenvalue weighted by molar-refractivity contribution is -0.117. The molecule has 3 aromatic rings. The molecule has 1 aromatic heterocycles. The number of amides is 1. The molecule has 0 aliphatic heterocycles. The van der Waals surface area contributed by atoms with Crippen LogP contribution in [0.5, 0.6) is 11.5 Å². The zero-order valence-corrected chi connectivity index (χ0v) is 19.9. The maximum absolute atomic E-state index is 12.8. The number of ether oxygens (including phenoxy) is 2. The van der Waals surface area contributed by atoms with E-state index in [4.69, 9.17) is 13.9 Å². The highest BCUT2D eigenvalue weighted by Crippen LogP contribution is 2.40. The summed E-state index contributed by atoms with van der Waals surface area (Å²) in [5.41, 5.74) is 4.37. The Morgan fingerprint density at radius 1 is 1.15 bits per heavy atom. The Hall–Kier alpha value is -3.21. The molecule has 33 heavy (non-hydrogen) atoms. The molecule has 0 radical (unpaired) electrons. The van der Waals surface area contributed by atoms with Crippen molar-refractivity contribution < 1.29 is 18.7 Å². The third kappa shape index (κ3) is 4.92. The van der Waals surface area contributed by atoms with Gasteiger partial charge < -0.3 is 19.2 Å². The molecule has 2 aromatic carbocycles. The Morgan fingerprint density at radius 2 is 1.94 bits per heavy atom. The molecule has 5 heteroatoms. The molecule has 0 saturated heterocycles. The summed E-state index contributed by atoms with van der Waals surface area (Å²) in [7, 11) is 1.67. The number of para-hydroxylation sites is 1. The van der Waals surface area contributed by atoms with Gasteiger partial charge in [-0.3, -0.25) is 4.79 Å². The van der Waals surface area contributed by atoms with E-state index in [0.717, 1.165) is 45.4 Å². The molecule has 5 nitrogen and oxygen atoms in total. The minimum absolute atomic E-state index is 0.0501. The highest BCUT2D eigenvalue weighted by molar-refractivity contribution is 6.01. The average Bonchev–Trinajstić information content (AvgIpc) is 3.22. The van der Waals surface area contributed by atoms with Crippen LogP contribution in [0.1, 0.15) is 52.0 Å². The number of methoxy groups -OCH3 is 1. The summed E-state index contributed by atoms with van der Waals surface area (Å²) in [6, 6.07) is 12.1. The molecule has 2 unspecified atom stereocenters. The second kappa shape index (κ2) is 10.2. The molecule has 1 fully saturated rings. The number of nitrogens with one attached hydrogen (secondary N) is 1. The van der Waals surface area contributed by atoms with Gasteiger partial charge in [0.15, 0.2) is 0 Å². The normalized spacial score (nSPS) is 18.8. The summed E-state index contributed by atoms with van der Waals surface area (Å²) in [5, 5.41) is 4.16. The van der Waals surface area contributed by atoms with E-state index in [1.807, 2.05) is 50.2 Å². The summed E-state index contributed by atoms with van der Waals surface area (Å²) in [6.07, 6.45) is 8.08. The molecule has 1 aliphatic carbocycles. The van der Waals surface area contributed by atoms with Crippen molar-refractivity contribution in [2.75, 3.05) is 13.7 Å². The molecule has 1 aliphatic rings. The second-order valence-electron chi connectivity index (χ2n) is 8.83. The van der Waals surface area contributed by atoms with Crippen LogP contribution in [0, 0.1) is 5.92 Å². The maximum atomic E-state index is 12.8. The Balaban J connectivity index is 1.71. The van der Waals surface area contributed by atoms with E-state index in [0.29, 0.717) is 18.3 Å². The first-order chi connectivity index (χ1) is 16.0. The first-order valence-electron chi connectivity index (χ1n) is 11.8. The minimum Gasteiger partial charge on any atom is -0.496 e. The van der Waals surface area contributed by atoms with Crippen LogP contribution >= 0.6 is 0 Å². The fraction of sp³-hybridized carbons (Fsp3) is 0.393. The van der Waals surface area contributed by atoms with Crippen LogP contribution in [0.25, 0.3) is 27.7 Å². The number of furan rings is 1. The van der Waals surface area contributed by atoms with Crippen LogP contribution < -0.4 is 14.8 Å². The van der Waals surface area contributed by atoms with E-state index in [2.05, 4.69) is 12.2 Å². The number of carbonyl (C=O) groups is 1. The van der Waals surface area contributed by atoms with Gasteiger partial charge in [0.1, 0.15) is 17.1 Å². The lowest BCUT2D eigenvalue weighted by atomic mass is 9.86. The Kier molecular flexibility index (Phi) is 7.07. The fourth-order valence-electron chi connectivity index (χ4n) is 4.74. The fourth-order valence-corrected chi connectivity index (χ4v) is 4.74. The SMILES string of the molecule is CCOc1cc2occ(-c3ccccc3OC)c2cc1/C(C)=C/C(=O)NC1CCCCC1C. The van der Waals surface area contributed by atoms with E-state index < -0.39 is 0 Å². The number of carbonyl (C=O) groups excluding carboxylic acids is 1. The van der Waals surface area contributed by atoms with Gasteiger partial charge in [-0.1, -0.05) is 38.0 Å². The van der Waals surface area contributed by atoms with Crippen molar-refractivity contribution in [3.8, 4) is 22.6 Å². The quantitative estimate of drug-likeness (QED) is 0.414. The van der Waals surface area contributed by atoms with Crippen molar-refractivity contribution in [2.45, 2.75) is 52.5 Å². The number of benzene rings is 2. The van der Waals surface area contributed by atoms with Gasteiger partial charge in [-0.2, -0.15) is 0 Å². The molecule has 1 heterocycles. The van der Waals surface area contributed by atoms with Gasteiger partial charge >= 0.3 is 0 Å². The summed E-state index contributed by atoms with van der Waals surface area (Å²) < 4.78 is 17.4. The molecular weight excluding hydrogens is 414 g/mol. The molecule has 0 bridgehead atoms. The van der Waals surface area contributed by atoms with Gasteiger partial charge in [0.25, 0.3) is 0 Å². The van der Waals surface area contributed by atoms with Crippen molar-refractivity contribution >= 4 is 22.4 Å². The molecule has 4 rings (SSSR count). The lowest BCUT2D eigenvalue weighted by Crippen LogP contribution is -2.40. The van der Waals surface area contributed by atoms with Gasteiger partial charge in [0, 0.05) is 40.3 Å². The second-order valence-corrected chi connectivity index (χ2v) is 8.83. The predicted molar refractivity (Wildman–Crippen MR) is 133 cm³/mol. The van der Waals surface area contributed by atoms with Gasteiger partial charge in [-0.15, -0.1) is 0 Å². The van der Waals surface area contributed by atoms with Crippen LogP contribution in [0.15, 0.2) is 53.2 Å². The summed E-state index contributed by atoms with van der Waals surface area (Å²) >= 11 is 0. The van der Waals surface area contributed by atoms with Crippen LogP contribution in [-0.4, -0.2) is 25.7 Å². The largest absolute Gasteiger partial charge is 0.496 e. The number of allylic oxidation sites excluding steroid dienone is 1. The Bertz CT molecular complexity index is 1160. The Morgan fingerprint density at radius 3 is 2.70 bits per heavy atom. The predicted octanol–water partition coefficient (Wildman–Crippen LogP) is 6.61. The smallest absolute Gasteiger partial charge is 0.244 e. The van der Waals surface area contributed by atoms with Crippen LogP contribution in [0.4, 0.5) is 0 Å². The first-order valence-corrected chi connectivity index (χ1v) is 11.8.